The van der Waals surface area contributed by atoms with Crippen LogP contribution in [0.5, 0.6) is 5.75 Å². The number of carbonyl (C=O) groups is 2. The van der Waals surface area contributed by atoms with Gasteiger partial charge in [0.2, 0.25) is 11.8 Å². The number of hydrogen-bond donors (Lipinski definition) is 1. The molecule has 0 heterocycles. The predicted octanol–water partition coefficient (Wildman–Crippen LogP) is 4.19. The molecule has 2 unspecified atom stereocenters. The van der Waals surface area contributed by atoms with E-state index < -0.39 is 6.04 Å². The lowest BCUT2D eigenvalue weighted by Crippen LogP contribution is -2.49. The lowest BCUT2D eigenvalue weighted by molar-refractivity contribution is -0.140. The van der Waals surface area contributed by atoms with Crippen LogP contribution < -0.4 is 10.1 Å². The second kappa shape index (κ2) is 10.8. The highest BCUT2D eigenvalue weighted by atomic mass is 16.5. The zero-order valence-corrected chi connectivity index (χ0v) is 19.0. The maximum atomic E-state index is 13.3. The predicted molar refractivity (Wildman–Crippen MR) is 121 cm³/mol. The number of nitrogens with zero attached hydrogens (tertiary/aromatic N) is 1. The molecule has 2 rings (SSSR count). The maximum absolute atomic E-state index is 13.3. The molecule has 2 aromatic carbocycles. The molecule has 0 aromatic heterocycles. The first-order valence-corrected chi connectivity index (χ1v) is 10.5. The molecule has 0 fully saturated rings. The fourth-order valence-electron chi connectivity index (χ4n) is 3.23. The Morgan fingerprint density at radius 3 is 2.33 bits per heavy atom. The van der Waals surface area contributed by atoms with Crippen LogP contribution in [0.3, 0.4) is 0 Å². The SMILES string of the molecule is CCC(C)NC(=O)C(C)N(Cc1ccc(OC)cc1)C(=O)Cc1cc(C)ccc1C. The summed E-state index contributed by atoms with van der Waals surface area (Å²) < 4.78 is 5.22. The molecule has 0 aliphatic carbocycles. The average Bonchev–Trinajstić information content (AvgIpc) is 2.74. The Labute approximate surface area is 180 Å². The molecule has 2 atom stereocenters. The van der Waals surface area contributed by atoms with Crippen molar-refractivity contribution in [2.75, 3.05) is 7.11 Å². The molecule has 5 nitrogen and oxygen atoms in total. The third kappa shape index (κ3) is 6.34. The van der Waals surface area contributed by atoms with Crippen LogP contribution in [0.25, 0.3) is 0 Å². The number of carbonyl (C=O) groups excluding carboxylic acids is 2. The van der Waals surface area contributed by atoms with E-state index in [-0.39, 0.29) is 24.3 Å². The van der Waals surface area contributed by atoms with Crippen molar-refractivity contribution in [3.8, 4) is 5.75 Å². The molecule has 0 saturated heterocycles. The van der Waals surface area contributed by atoms with Crippen LogP contribution >= 0.6 is 0 Å². The summed E-state index contributed by atoms with van der Waals surface area (Å²) in [6.07, 6.45) is 1.11. The van der Waals surface area contributed by atoms with Gasteiger partial charge in [0.05, 0.1) is 13.5 Å². The van der Waals surface area contributed by atoms with Crippen LogP contribution in [-0.4, -0.2) is 35.9 Å². The van der Waals surface area contributed by atoms with Crippen LogP contribution in [0.2, 0.25) is 0 Å². The standard InChI is InChI=1S/C25H34N2O3/c1-7-19(4)26-25(29)20(5)27(16-21-10-12-23(30-6)13-11-21)24(28)15-22-14-17(2)8-9-18(22)3/h8-14,19-20H,7,15-16H2,1-6H3,(H,26,29). The summed E-state index contributed by atoms with van der Waals surface area (Å²) >= 11 is 0. The fraction of sp³-hybridized carbons (Fsp3) is 0.440. The van der Waals surface area contributed by atoms with Crippen LogP contribution in [-0.2, 0) is 22.6 Å². The van der Waals surface area contributed by atoms with Crippen LogP contribution in [0.1, 0.15) is 49.4 Å². The molecule has 0 aliphatic heterocycles. The Hall–Kier alpha value is -2.82. The Kier molecular flexibility index (Phi) is 8.46. The largest absolute Gasteiger partial charge is 0.497 e. The monoisotopic (exact) mass is 410 g/mol. The molecule has 0 saturated carbocycles. The van der Waals surface area contributed by atoms with E-state index >= 15 is 0 Å². The topological polar surface area (TPSA) is 58.6 Å². The minimum Gasteiger partial charge on any atom is -0.497 e. The number of hydrogen-bond acceptors (Lipinski definition) is 3. The van der Waals surface area contributed by atoms with Crippen LogP contribution in [0.15, 0.2) is 42.5 Å². The van der Waals surface area contributed by atoms with Gasteiger partial charge in [-0.1, -0.05) is 42.8 Å². The molecule has 162 valence electrons. The van der Waals surface area contributed by atoms with Crippen molar-refractivity contribution >= 4 is 11.8 Å². The lowest BCUT2D eigenvalue weighted by atomic mass is 10.0. The van der Waals surface area contributed by atoms with Gasteiger partial charge in [-0.05, 0) is 62.9 Å². The Morgan fingerprint density at radius 2 is 1.73 bits per heavy atom. The second-order valence-corrected chi connectivity index (χ2v) is 7.97. The van der Waals surface area contributed by atoms with Gasteiger partial charge in [-0.25, -0.2) is 0 Å². The average molecular weight is 411 g/mol. The number of ether oxygens (including phenoxy) is 1. The number of aryl methyl sites for hydroxylation is 2. The highest BCUT2D eigenvalue weighted by Gasteiger charge is 2.27. The summed E-state index contributed by atoms with van der Waals surface area (Å²) in [5, 5.41) is 3.00. The van der Waals surface area contributed by atoms with Crippen molar-refractivity contribution in [3.05, 3.63) is 64.7 Å². The Balaban J connectivity index is 2.27. The molecule has 5 heteroatoms. The molecular weight excluding hydrogens is 376 g/mol. The summed E-state index contributed by atoms with van der Waals surface area (Å²) in [4.78, 5) is 27.8. The zero-order chi connectivity index (χ0) is 22.3. The molecule has 30 heavy (non-hydrogen) atoms. The van der Waals surface area contributed by atoms with Gasteiger partial charge in [-0.15, -0.1) is 0 Å². The van der Waals surface area contributed by atoms with E-state index in [4.69, 9.17) is 4.74 Å². The van der Waals surface area contributed by atoms with E-state index in [0.29, 0.717) is 6.54 Å². The highest BCUT2D eigenvalue weighted by Crippen LogP contribution is 2.18. The molecule has 0 aliphatic rings. The summed E-state index contributed by atoms with van der Waals surface area (Å²) in [6, 6.07) is 13.2. The van der Waals surface area contributed by atoms with Crippen LogP contribution in [0, 0.1) is 13.8 Å². The van der Waals surface area contributed by atoms with E-state index in [0.717, 1.165) is 34.4 Å². The van der Waals surface area contributed by atoms with E-state index in [1.807, 2.05) is 70.2 Å². The second-order valence-electron chi connectivity index (χ2n) is 7.97. The first-order chi connectivity index (χ1) is 14.2. The maximum Gasteiger partial charge on any atom is 0.242 e. The van der Waals surface area contributed by atoms with E-state index in [9.17, 15) is 9.59 Å². The van der Waals surface area contributed by atoms with Gasteiger partial charge in [-0.3, -0.25) is 9.59 Å². The minimum atomic E-state index is -0.571. The first-order valence-electron chi connectivity index (χ1n) is 10.5. The number of methoxy groups -OCH3 is 1. The van der Waals surface area contributed by atoms with Gasteiger partial charge < -0.3 is 15.0 Å². The van der Waals surface area contributed by atoms with Gasteiger partial charge >= 0.3 is 0 Å². The molecule has 2 amide bonds. The van der Waals surface area contributed by atoms with Gasteiger partial charge in [0, 0.05) is 12.6 Å². The zero-order valence-electron chi connectivity index (χ0n) is 19.0. The molecule has 0 spiro atoms. The van der Waals surface area contributed by atoms with Crippen molar-refractivity contribution in [2.24, 2.45) is 0 Å². The van der Waals surface area contributed by atoms with Gasteiger partial charge in [-0.2, -0.15) is 0 Å². The summed E-state index contributed by atoms with van der Waals surface area (Å²) in [5.74, 6) is 0.563. The molecule has 0 radical (unpaired) electrons. The van der Waals surface area contributed by atoms with E-state index in [1.54, 1.807) is 18.9 Å². The summed E-state index contributed by atoms with van der Waals surface area (Å²) in [5.41, 5.74) is 4.14. The number of nitrogens with one attached hydrogen (secondary N) is 1. The van der Waals surface area contributed by atoms with Crippen molar-refractivity contribution in [3.63, 3.8) is 0 Å². The van der Waals surface area contributed by atoms with E-state index in [1.165, 1.54) is 0 Å². The number of benzene rings is 2. The van der Waals surface area contributed by atoms with E-state index in [2.05, 4.69) is 5.32 Å². The number of rotatable bonds is 9. The highest BCUT2D eigenvalue weighted by molar-refractivity contribution is 5.88. The van der Waals surface area contributed by atoms with Crippen LogP contribution in [0.4, 0.5) is 0 Å². The smallest absolute Gasteiger partial charge is 0.242 e. The minimum absolute atomic E-state index is 0.0636. The van der Waals surface area contributed by atoms with Gasteiger partial charge in [0.15, 0.2) is 0 Å². The van der Waals surface area contributed by atoms with Crippen molar-refractivity contribution in [1.29, 1.82) is 0 Å². The summed E-state index contributed by atoms with van der Waals surface area (Å²) in [7, 11) is 1.62. The Bertz CT molecular complexity index is 861. The molecule has 0 bridgehead atoms. The molecule has 1 N–H and O–H groups in total. The summed E-state index contributed by atoms with van der Waals surface area (Å²) in [6.45, 7) is 10.2. The third-order valence-electron chi connectivity index (χ3n) is 5.53. The molecular formula is C25H34N2O3. The molecule has 2 aromatic rings. The van der Waals surface area contributed by atoms with Crippen molar-refractivity contribution < 1.29 is 14.3 Å². The normalized spacial score (nSPS) is 12.7. The van der Waals surface area contributed by atoms with Gasteiger partial charge in [0.1, 0.15) is 11.8 Å². The quantitative estimate of drug-likeness (QED) is 0.674. The Morgan fingerprint density at radius 1 is 1.07 bits per heavy atom. The lowest BCUT2D eigenvalue weighted by Gasteiger charge is -2.30. The third-order valence-corrected chi connectivity index (χ3v) is 5.53. The van der Waals surface area contributed by atoms with Crippen molar-refractivity contribution in [1.82, 2.24) is 10.2 Å². The first kappa shape index (κ1) is 23.5. The van der Waals surface area contributed by atoms with Crippen molar-refractivity contribution in [2.45, 2.75) is 66.1 Å². The van der Waals surface area contributed by atoms with Gasteiger partial charge in [0.25, 0.3) is 0 Å². The number of amides is 2. The fourth-order valence-corrected chi connectivity index (χ4v) is 3.23.